The molecule has 140 valence electrons. The normalized spacial score (nSPS) is 33.4. The van der Waals surface area contributed by atoms with Crippen molar-refractivity contribution in [3.8, 4) is 0 Å². The molecule has 0 N–H and O–H groups in total. The number of hydrogen-bond donors (Lipinski definition) is 0. The summed E-state index contributed by atoms with van der Waals surface area (Å²) in [4.78, 5) is 0. The number of fused-ring (bicyclic) bond motifs is 1. The second-order valence-corrected chi connectivity index (χ2v) is 13.6. The van der Waals surface area contributed by atoms with Gasteiger partial charge in [0.25, 0.3) is 0 Å². The Morgan fingerprint density at radius 3 is 1.80 bits per heavy atom. The Morgan fingerprint density at radius 2 is 1.48 bits per heavy atom. The van der Waals surface area contributed by atoms with Crippen molar-refractivity contribution < 1.29 is 4.57 Å². The molecule has 1 aromatic carbocycles. The minimum atomic E-state index is -2.48. The summed E-state index contributed by atoms with van der Waals surface area (Å²) < 4.78 is 13.5. The Labute approximate surface area is 163 Å². The van der Waals surface area contributed by atoms with Gasteiger partial charge in [0.1, 0.15) is 11.5 Å². The molecule has 25 heavy (non-hydrogen) atoms. The first-order chi connectivity index (χ1) is 11.3. The van der Waals surface area contributed by atoms with E-state index in [-0.39, 0.29) is 11.3 Å². The van der Waals surface area contributed by atoms with Crippen molar-refractivity contribution in [3.63, 3.8) is 0 Å². The number of rotatable bonds is 4. The minimum absolute atomic E-state index is 0.166. The molecular weight excluding hydrogens is 370 g/mol. The molecule has 1 heterocycles. The van der Waals surface area contributed by atoms with Crippen molar-refractivity contribution in [2.45, 2.75) is 70.6 Å². The Kier molecular flexibility index (Phi) is 4.76. The molecule has 0 amide bonds. The quantitative estimate of drug-likeness (QED) is 0.398. The van der Waals surface area contributed by atoms with Crippen LogP contribution in [0.4, 0.5) is 0 Å². The van der Waals surface area contributed by atoms with Gasteiger partial charge in [0.15, 0.2) is 0 Å². The summed E-state index contributed by atoms with van der Waals surface area (Å²) in [6, 6.07) is 4.61. The van der Waals surface area contributed by atoms with Crippen molar-refractivity contribution in [1.29, 1.82) is 0 Å². The predicted octanol–water partition coefficient (Wildman–Crippen LogP) is 6.87. The lowest BCUT2D eigenvalue weighted by Crippen LogP contribution is -2.25. The van der Waals surface area contributed by atoms with E-state index in [1.54, 1.807) is 0 Å². The average molecular weight is 401 g/mol. The van der Waals surface area contributed by atoms with Gasteiger partial charge in [-0.1, -0.05) is 60.6 Å². The van der Waals surface area contributed by atoms with Crippen LogP contribution in [0.5, 0.6) is 0 Å². The zero-order valence-electron chi connectivity index (χ0n) is 16.5. The highest BCUT2D eigenvalue weighted by Crippen LogP contribution is 2.81. The molecule has 0 radical (unpaired) electrons. The van der Waals surface area contributed by atoms with Crippen LogP contribution in [0.25, 0.3) is 0 Å². The van der Waals surface area contributed by atoms with Gasteiger partial charge in [-0.3, -0.25) is 0 Å². The van der Waals surface area contributed by atoms with E-state index < -0.39 is 11.5 Å². The Bertz CT molecular complexity index is 721. The number of alkyl halides is 2. The van der Waals surface area contributed by atoms with E-state index in [1.165, 1.54) is 16.7 Å². The van der Waals surface area contributed by atoms with Gasteiger partial charge in [0, 0.05) is 29.0 Å². The third-order valence-corrected chi connectivity index (χ3v) is 11.3. The number of halogens is 2. The summed E-state index contributed by atoms with van der Waals surface area (Å²) in [7, 11) is -2.48. The molecule has 1 saturated heterocycles. The van der Waals surface area contributed by atoms with E-state index in [1.807, 2.05) is 0 Å². The van der Waals surface area contributed by atoms with Crippen LogP contribution >= 0.6 is 30.3 Å². The van der Waals surface area contributed by atoms with E-state index in [9.17, 15) is 4.57 Å². The molecule has 2 fully saturated rings. The van der Waals surface area contributed by atoms with Gasteiger partial charge < -0.3 is 4.57 Å². The van der Waals surface area contributed by atoms with Gasteiger partial charge in [0.2, 0.25) is 0 Å². The maximum atomic E-state index is 14.2. The van der Waals surface area contributed by atoms with Crippen LogP contribution in [0.1, 0.15) is 82.9 Å². The largest absolute Gasteiger partial charge is 0.319 e. The summed E-state index contributed by atoms with van der Waals surface area (Å²) in [5.41, 5.74) is 3.71. The number of benzene rings is 1. The third-order valence-electron chi connectivity index (χ3n) is 6.46. The molecule has 0 aromatic heterocycles. The highest BCUT2D eigenvalue weighted by molar-refractivity contribution is 7.72. The minimum Gasteiger partial charge on any atom is -0.319 e. The maximum Gasteiger partial charge on any atom is 0.128 e. The fourth-order valence-electron chi connectivity index (χ4n) is 4.65. The zero-order chi connectivity index (χ0) is 18.9. The summed E-state index contributed by atoms with van der Waals surface area (Å²) in [5, 5.41) is 1.15. The lowest BCUT2D eigenvalue weighted by atomic mass is 9.89. The van der Waals surface area contributed by atoms with Crippen molar-refractivity contribution in [2.75, 3.05) is 12.3 Å². The van der Waals surface area contributed by atoms with Gasteiger partial charge in [-0.15, -0.1) is 23.2 Å². The Hall–Kier alpha value is 0.0300. The van der Waals surface area contributed by atoms with E-state index in [2.05, 4.69) is 60.6 Å². The first-order valence-electron chi connectivity index (χ1n) is 9.49. The SMILES string of the molecule is CC(C)c1cc(C(C)C)c([P@]2(=O)C[C@H]3C(Cl)(Cl)[C@@]3(C)C2)c(C(C)C)c1. The molecule has 3 atom stereocenters. The van der Waals surface area contributed by atoms with Crippen LogP contribution in [0.3, 0.4) is 0 Å². The van der Waals surface area contributed by atoms with E-state index in [0.29, 0.717) is 30.1 Å². The van der Waals surface area contributed by atoms with Gasteiger partial charge in [0.05, 0.1) is 0 Å². The molecular formula is C21H31Cl2OP. The smallest absolute Gasteiger partial charge is 0.128 e. The topological polar surface area (TPSA) is 17.1 Å². The summed E-state index contributed by atoms with van der Waals surface area (Å²) in [6.45, 7) is 15.4. The highest BCUT2D eigenvalue weighted by atomic mass is 35.5. The lowest BCUT2D eigenvalue weighted by Gasteiger charge is -2.29. The fraction of sp³-hybridized carbons (Fsp3) is 0.714. The van der Waals surface area contributed by atoms with Crippen LogP contribution in [-0.2, 0) is 4.57 Å². The summed E-state index contributed by atoms with van der Waals surface area (Å²) in [5.74, 6) is 1.36. The lowest BCUT2D eigenvalue weighted by molar-refractivity contribution is 0.571. The molecule has 0 bridgehead atoms. The summed E-state index contributed by atoms with van der Waals surface area (Å²) in [6.07, 6.45) is 1.31. The second kappa shape index (κ2) is 6.02. The van der Waals surface area contributed by atoms with Gasteiger partial charge >= 0.3 is 0 Å². The van der Waals surface area contributed by atoms with Crippen molar-refractivity contribution in [1.82, 2.24) is 0 Å². The summed E-state index contributed by atoms with van der Waals surface area (Å²) >= 11 is 13.0. The standard InChI is InChI=1S/C21H31Cl2OP/c1-12(2)15-8-16(13(3)4)19(17(9-15)14(5)6)25(24)10-18-20(7,11-25)21(18,22)23/h8-9,12-14,18H,10-11H2,1-7H3/t18-,20+,25+/m1/s1. The molecule has 2 aliphatic rings. The first kappa shape index (κ1) is 19.8. The van der Waals surface area contributed by atoms with Crippen LogP contribution in [0.2, 0.25) is 0 Å². The third kappa shape index (κ3) is 2.84. The molecule has 1 aliphatic heterocycles. The van der Waals surface area contributed by atoms with Crippen LogP contribution in [-0.4, -0.2) is 16.7 Å². The van der Waals surface area contributed by atoms with Gasteiger partial charge in [-0.05, 0) is 34.4 Å². The molecule has 0 spiro atoms. The van der Waals surface area contributed by atoms with Crippen LogP contribution in [0, 0.1) is 11.3 Å². The molecule has 4 heteroatoms. The highest BCUT2D eigenvalue weighted by Gasteiger charge is 2.79. The van der Waals surface area contributed by atoms with Gasteiger partial charge in [-0.25, -0.2) is 0 Å². The molecule has 0 unspecified atom stereocenters. The maximum absolute atomic E-state index is 14.2. The van der Waals surface area contributed by atoms with E-state index >= 15 is 0 Å². The molecule has 1 saturated carbocycles. The van der Waals surface area contributed by atoms with Gasteiger partial charge in [-0.2, -0.15) is 0 Å². The van der Waals surface area contributed by atoms with Crippen LogP contribution in [0.15, 0.2) is 12.1 Å². The fourth-order valence-corrected chi connectivity index (χ4v) is 10.8. The van der Waals surface area contributed by atoms with E-state index in [0.717, 1.165) is 5.30 Å². The van der Waals surface area contributed by atoms with Crippen molar-refractivity contribution in [2.24, 2.45) is 11.3 Å². The average Bonchev–Trinajstić information content (AvgIpc) is 2.78. The predicted molar refractivity (Wildman–Crippen MR) is 112 cm³/mol. The molecule has 1 aliphatic carbocycles. The van der Waals surface area contributed by atoms with Crippen molar-refractivity contribution in [3.05, 3.63) is 28.8 Å². The molecule has 1 aromatic rings. The van der Waals surface area contributed by atoms with Crippen molar-refractivity contribution >= 4 is 35.6 Å². The monoisotopic (exact) mass is 400 g/mol. The second-order valence-electron chi connectivity index (χ2n) is 9.34. The van der Waals surface area contributed by atoms with E-state index in [4.69, 9.17) is 23.2 Å². The Balaban J connectivity index is 2.18. The van der Waals surface area contributed by atoms with Crippen LogP contribution < -0.4 is 5.30 Å². The zero-order valence-corrected chi connectivity index (χ0v) is 18.9. The first-order valence-corrected chi connectivity index (χ1v) is 12.3. The molecule has 3 rings (SSSR count). The molecule has 1 nitrogen and oxygen atoms in total. The number of hydrogen-bond acceptors (Lipinski definition) is 1. The Morgan fingerprint density at radius 1 is 1.00 bits per heavy atom.